The van der Waals surface area contributed by atoms with Crippen LogP contribution in [0.25, 0.3) is 5.69 Å². The highest BCUT2D eigenvalue weighted by Crippen LogP contribution is 2.16. The zero-order chi connectivity index (χ0) is 16.4. The van der Waals surface area contributed by atoms with E-state index in [4.69, 9.17) is 0 Å². The minimum Gasteiger partial charge on any atom is -0.305 e. The van der Waals surface area contributed by atoms with Gasteiger partial charge in [0.05, 0.1) is 0 Å². The fourth-order valence-corrected chi connectivity index (χ4v) is 2.01. The summed E-state index contributed by atoms with van der Waals surface area (Å²) in [7, 11) is 0. The summed E-state index contributed by atoms with van der Waals surface area (Å²) in [6.45, 7) is 0. The van der Waals surface area contributed by atoms with Crippen molar-refractivity contribution in [2.75, 3.05) is 5.32 Å². The van der Waals surface area contributed by atoms with E-state index in [9.17, 15) is 18.0 Å². The number of nitrogens with one attached hydrogen (secondary N) is 1. The first kappa shape index (κ1) is 14.8. The van der Waals surface area contributed by atoms with Gasteiger partial charge in [-0.25, -0.2) is 17.9 Å². The third-order valence-corrected chi connectivity index (χ3v) is 3.07. The van der Waals surface area contributed by atoms with Gasteiger partial charge < -0.3 is 5.32 Å². The normalized spacial score (nSPS) is 10.6. The van der Waals surface area contributed by atoms with Gasteiger partial charge in [0, 0.05) is 23.9 Å². The largest absolute Gasteiger partial charge is 0.305 e. The molecule has 23 heavy (non-hydrogen) atoms. The van der Waals surface area contributed by atoms with E-state index in [0.29, 0.717) is 0 Å². The van der Waals surface area contributed by atoms with Crippen molar-refractivity contribution in [1.82, 2.24) is 9.78 Å². The Hall–Kier alpha value is -3.09. The number of carbonyl (C=O) groups is 1. The third kappa shape index (κ3) is 3.23. The molecule has 0 fully saturated rings. The lowest BCUT2D eigenvalue weighted by atomic mass is 10.2. The highest BCUT2D eigenvalue weighted by molar-refractivity contribution is 6.03. The van der Waals surface area contributed by atoms with E-state index in [1.807, 2.05) is 0 Å². The van der Waals surface area contributed by atoms with E-state index < -0.39 is 23.4 Å². The van der Waals surface area contributed by atoms with Gasteiger partial charge in [0.15, 0.2) is 11.6 Å². The number of carbonyl (C=O) groups excluding carboxylic acids is 1. The number of rotatable bonds is 3. The topological polar surface area (TPSA) is 46.9 Å². The molecule has 0 spiro atoms. The fourth-order valence-electron chi connectivity index (χ4n) is 2.01. The third-order valence-electron chi connectivity index (χ3n) is 3.07. The number of benzene rings is 2. The molecule has 0 saturated heterocycles. The Labute approximate surface area is 129 Å². The zero-order valence-corrected chi connectivity index (χ0v) is 11.6. The van der Waals surface area contributed by atoms with Crippen LogP contribution >= 0.6 is 0 Å². The van der Waals surface area contributed by atoms with E-state index in [-0.39, 0.29) is 17.1 Å². The second kappa shape index (κ2) is 5.96. The van der Waals surface area contributed by atoms with Crippen LogP contribution in [0.4, 0.5) is 19.0 Å². The summed E-state index contributed by atoms with van der Waals surface area (Å²) in [6, 6.07) is 9.70. The van der Waals surface area contributed by atoms with E-state index in [1.165, 1.54) is 36.5 Å². The number of amides is 1. The van der Waals surface area contributed by atoms with Crippen LogP contribution in [0.1, 0.15) is 10.4 Å². The predicted octanol–water partition coefficient (Wildman–Crippen LogP) is 3.54. The van der Waals surface area contributed by atoms with Crippen molar-refractivity contribution in [3.63, 3.8) is 0 Å². The van der Waals surface area contributed by atoms with Crippen LogP contribution in [0.15, 0.2) is 54.7 Å². The summed E-state index contributed by atoms with van der Waals surface area (Å²) in [4.78, 5) is 12.0. The molecule has 0 bridgehead atoms. The van der Waals surface area contributed by atoms with Crippen LogP contribution in [-0.2, 0) is 0 Å². The summed E-state index contributed by atoms with van der Waals surface area (Å²) in [6.07, 6.45) is 1.41. The van der Waals surface area contributed by atoms with Gasteiger partial charge in [-0.3, -0.25) is 4.79 Å². The minimum absolute atomic E-state index is 0.0395. The number of aromatic nitrogens is 2. The van der Waals surface area contributed by atoms with Crippen molar-refractivity contribution in [3.8, 4) is 5.69 Å². The molecule has 116 valence electrons. The molecule has 2 aromatic carbocycles. The van der Waals surface area contributed by atoms with Crippen LogP contribution in [0.3, 0.4) is 0 Å². The summed E-state index contributed by atoms with van der Waals surface area (Å²) >= 11 is 0. The van der Waals surface area contributed by atoms with Crippen molar-refractivity contribution in [3.05, 3.63) is 77.7 Å². The summed E-state index contributed by atoms with van der Waals surface area (Å²) < 4.78 is 40.9. The molecule has 0 atom stereocenters. The lowest BCUT2D eigenvalue weighted by Gasteiger charge is -2.04. The Balaban J connectivity index is 1.81. The van der Waals surface area contributed by atoms with Gasteiger partial charge in [0.1, 0.15) is 17.3 Å². The standard InChI is InChI=1S/C16H10F3N3O/c17-11-3-1-2-10(8-11)16(23)20-15-6-7-22(21-15)14-5-4-12(18)9-13(14)19/h1-9H,(H,20,21,23). The Bertz CT molecular complexity index is 877. The zero-order valence-electron chi connectivity index (χ0n) is 11.6. The van der Waals surface area contributed by atoms with Crippen molar-refractivity contribution >= 4 is 11.7 Å². The van der Waals surface area contributed by atoms with Gasteiger partial charge in [-0.05, 0) is 30.3 Å². The fraction of sp³-hybridized carbons (Fsp3) is 0. The summed E-state index contributed by atoms with van der Waals surface area (Å²) in [5.74, 6) is -2.40. The van der Waals surface area contributed by atoms with Crippen LogP contribution < -0.4 is 5.32 Å². The lowest BCUT2D eigenvalue weighted by Crippen LogP contribution is -2.13. The highest BCUT2D eigenvalue weighted by atomic mass is 19.1. The maximum atomic E-state index is 13.7. The van der Waals surface area contributed by atoms with Gasteiger partial charge in [-0.1, -0.05) is 6.07 Å². The van der Waals surface area contributed by atoms with Crippen LogP contribution in [0, 0.1) is 17.5 Å². The van der Waals surface area contributed by atoms with Crippen molar-refractivity contribution in [2.45, 2.75) is 0 Å². The average Bonchev–Trinajstić information content (AvgIpc) is 2.95. The number of halogens is 3. The number of hydrogen-bond donors (Lipinski definition) is 1. The maximum absolute atomic E-state index is 13.7. The first-order valence-corrected chi connectivity index (χ1v) is 6.61. The van der Waals surface area contributed by atoms with Crippen LogP contribution in [0.5, 0.6) is 0 Å². The molecule has 3 aromatic rings. The number of nitrogens with zero attached hydrogens (tertiary/aromatic N) is 2. The molecule has 7 heteroatoms. The molecule has 1 N–H and O–H groups in total. The van der Waals surface area contributed by atoms with Crippen LogP contribution in [-0.4, -0.2) is 15.7 Å². The van der Waals surface area contributed by atoms with E-state index in [1.54, 1.807) is 0 Å². The Morgan fingerprint density at radius 3 is 2.52 bits per heavy atom. The van der Waals surface area contributed by atoms with Gasteiger partial charge in [0.2, 0.25) is 0 Å². The Kier molecular flexibility index (Phi) is 3.84. The van der Waals surface area contributed by atoms with Crippen molar-refractivity contribution in [2.24, 2.45) is 0 Å². The monoisotopic (exact) mass is 317 g/mol. The maximum Gasteiger partial charge on any atom is 0.256 e. The lowest BCUT2D eigenvalue weighted by molar-refractivity contribution is 0.102. The molecular formula is C16H10F3N3O. The molecule has 0 radical (unpaired) electrons. The van der Waals surface area contributed by atoms with E-state index in [0.717, 1.165) is 22.9 Å². The molecular weight excluding hydrogens is 307 g/mol. The Morgan fingerprint density at radius 2 is 1.78 bits per heavy atom. The first-order valence-electron chi connectivity index (χ1n) is 6.61. The average molecular weight is 317 g/mol. The Morgan fingerprint density at radius 1 is 1.00 bits per heavy atom. The van der Waals surface area contributed by atoms with Crippen molar-refractivity contribution < 1.29 is 18.0 Å². The number of anilines is 1. The molecule has 3 rings (SSSR count). The molecule has 1 heterocycles. The van der Waals surface area contributed by atoms with Gasteiger partial charge in [-0.15, -0.1) is 5.10 Å². The quantitative estimate of drug-likeness (QED) is 0.803. The molecule has 0 aliphatic carbocycles. The molecule has 1 aromatic heterocycles. The van der Waals surface area contributed by atoms with E-state index >= 15 is 0 Å². The predicted molar refractivity (Wildman–Crippen MR) is 77.8 cm³/mol. The molecule has 0 aliphatic heterocycles. The SMILES string of the molecule is O=C(Nc1ccn(-c2ccc(F)cc2F)n1)c1cccc(F)c1. The molecule has 1 amide bonds. The van der Waals surface area contributed by atoms with Gasteiger partial charge in [0.25, 0.3) is 5.91 Å². The highest BCUT2D eigenvalue weighted by Gasteiger charge is 2.11. The second-order valence-electron chi connectivity index (χ2n) is 4.71. The van der Waals surface area contributed by atoms with E-state index in [2.05, 4.69) is 10.4 Å². The molecule has 0 saturated carbocycles. The molecule has 4 nitrogen and oxygen atoms in total. The number of hydrogen-bond acceptors (Lipinski definition) is 2. The minimum atomic E-state index is -0.781. The smallest absolute Gasteiger partial charge is 0.256 e. The molecule has 0 unspecified atom stereocenters. The first-order chi connectivity index (χ1) is 11.0. The summed E-state index contributed by atoms with van der Waals surface area (Å²) in [5, 5.41) is 6.46. The van der Waals surface area contributed by atoms with Crippen LogP contribution in [0.2, 0.25) is 0 Å². The molecule has 0 aliphatic rings. The van der Waals surface area contributed by atoms with Gasteiger partial charge >= 0.3 is 0 Å². The summed E-state index contributed by atoms with van der Waals surface area (Å²) in [5.41, 5.74) is 0.171. The van der Waals surface area contributed by atoms with Crippen molar-refractivity contribution in [1.29, 1.82) is 0 Å². The van der Waals surface area contributed by atoms with Gasteiger partial charge in [-0.2, -0.15) is 0 Å². The second-order valence-corrected chi connectivity index (χ2v) is 4.71.